The Bertz CT molecular complexity index is 53.7. The normalized spacial score (nSPS) is 9.83. The van der Waals surface area contributed by atoms with E-state index in [0.717, 1.165) is 0 Å². The third kappa shape index (κ3) is 141. The zero-order chi connectivity index (χ0) is 4.50. The summed E-state index contributed by atoms with van der Waals surface area (Å²) in [7, 11) is 0. The molecule has 3 N–H and O–H groups in total. The molecule has 0 aromatic carbocycles. The standard InChI is InChI=1S/AsH3O4.H3P/c2-1(3,4)5;/h(H3,2,3,4,5);1H3. The second-order valence-electron chi connectivity index (χ2n) is 0.513. The van der Waals surface area contributed by atoms with Crippen LogP contribution in [0.15, 0.2) is 0 Å². The maximum absolute atomic E-state index is 8.94. The van der Waals surface area contributed by atoms with E-state index >= 15 is 0 Å². The van der Waals surface area contributed by atoms with Crippen molar-refractivity contribution in [2.45, 2.75) is 0 Å². The van der Waals surface area contributed by atoms with Crippen LogP contribution >= 0.6 is 9.90 Å². The largest absolute Gasteiger partial charge is 0.153 e. The van der Waals surface area contributed by atoms with E-state index in [9.17, 15) is 0 Å². The average molecular weight is 176 g/mol. The van der Waals surface area contributed by atoms with Gasteiger partial charge in [0.1, 0.15) is 0 Å². The Balaban J connectivity index is 0. The van der Waals surface area contributed by atoms with E-state index < -0.39 is 14.5 Å². The molecule has 0 radical (unpaired) electrons. The van der Waals surface area contributed by atoms with Crippen LogP contribution in [0.5, 0.6) is 0 Å². The van der Waals surface area contributed by atoms with Gasteiger partial charge in [0, 0.05) is 0 Å². The number of hydrogen-bond acceptors (Lipinski definition) is 1. The Kier molecular flexibility index (Phi) is 4.55. The summed E-state index contributed by atoms with van der Waals surface area (Å²) in [5, 5.41) is 0. The molecule has 0 aliphatic heterocycles. The van der Waals surface area contributed by atoms with Crippen LogP contribution in [0, 0.1) is 0 Å². The van der Waals surface area contributed by atoms with Crippen LogP contribution in [0.25, 0.3) is 0 Å². The van der Waals surface area contributed by atoms with Gasteiger partial charge in [-0.15, -0.1) is 0 Å². The van der Waals surface area contributed by atoms with Gasteiger partial charge >= 0.3 is 30.5 Å². The Labute approximate surface area is 41.2 Å². The van der Waals surface area contributed by atoms with Crippen LogP contribution in [0.4, 0.5) is 0 Å². The zero-order valence-electron chi connectivity index (χ0n) is 2.90. The molecule has 0 aromatic heterocycles. The van der Waals surface area contributed by atoms with Gasteiger partial charge in [0.25, 0.3) is 0 Å². The molecule has 0 heterocycles. The van der Waals surface area contributed by atoms with Gasteiger partial charge in [-0.2, -0.15) is 9.90 Å². The summed E-state index contributed by atoms with van der Waals surface area (Å²) in [6.07, 6.45) is 0. The minimum Gasteiger partial charge on any atom is -0.153 e. The second kappa shape index (κ2) is 2.78. The molecular weight excluding hydrogens is 170 g/mol. The van der Waals surface area contributed by atoms with Gasteiger partial charge in [0.2, 0.25) is 0 Å². The summed E-state index contributed by atoms with van der Waals surface area (Å²) in [5.41, 5.74) is 0. The SMILES string of the molecule is O=[As](O)(O)O.P. The van der Waals surface area contributed by atoms with Crippen molar-refractivity contribution >= 4 is 24.4 Å². The Morgan fingerprint density at radius 1 is 1.17 bits per heavy atom. The van der Waals surface area contributed by atoms with Gasteiger partial charge in [-0.25, -0.2) is 0 Å². The molecule has 0 amide bonds. The molecule has 0 fully saturated rings. The van der Waals surface area contributed by atoms with E-state index in [1.165, 1.54) is 0 Å². The Morgan fingerprint density at radius 3 is 1.17 bits per heavy atom. The number of rotatable bonds is 0. The van der Waals surface area contributed by atoms with Gasteiger partial charge in [0.15, 0.2) is 0 Å². The molecule has 1 atom stereocenters. The molecule has 0 bridgehead atoms. The molecule has 0 saturated heterocycles. The molecule has 0 rings (SSSR count). The van der Waals surface area contributed by atoms with E-state index in [1.807, 2.05) is 0 Å². The third-order valence-electron chi connectivity index (χ3n) is 0. The zero-order valence-corrected chi connectivity index (χ0v) is 6.19. The maximum atomic E-state index is 8.94. The van der Waals surface area contributed by atoms with E-state index in [1.54, 1.807) is 0 Å². The fourth-order valence-electron chi connectivity index (χ4n) is 0. The van der Waals surface area contributed by atoms with E-state index in [0.29, 0.717) is 0 Å². The van der Waals surface area contributed by atoms with Gasteiger partial charge in [0.05, 0.1) is 0 Å². The summed E-state index contributed by atoms with van der Waals surface area (Å²) in [5.74, 6) is 0. The first-order valence-corrected chi connectivity index (χ1v) is 4.07. The van der Waals surface area contributed by atoms with Crippen LogP contribution in [-0.2, 0) is 3.74 Å². The fourth-order valence-corrected chi connectivity index (χ4v) is 0. The summed E-state index contributed by atoms with van der Waals surface area (Å²) in [6.45, 7) is 0. The smallest absolute Gasteiger partial charge is 0.153 e. The third-order valence-corrected chi connectivity index (χ3v) is 0. The second-order valence-corrected chi connectivity index (χ2v) is 2.67. The summed E-state index contributed by atoms with van der Waals surface area (Å²) < 4.78 is 30.7. The molecule has 6 heteroatoms. The first-order chi connectivity index (χ1) is 2.00. The van der Waals surface area contributed by atoms with Gasteiger partial charge in [-0.3, -0.25) is 0 Å². The van der Waals surface area contributed by atoms with Crippen LogP contribution in [0.3, 0.4) is 0 Å². The molecule has 4 nitrogen and oxygen atoms in total. The predicted molar refractivity (Wildman–Crippen MR) is 24.2 cm³/mol. The minimum absolute atomic E-state index is 0. The van der Waals surface area contributed by atoms with Crippen molar-refractivity contribution in [3.63, 3.8) is 0 Å². The quantitative estimate of drug-likeness (QED) is 0.291. The molecule has 0 saturated carbocycles. The fraction of sp³-hybridized carbons (Fsp3) is 0. The molecule has 0 spiro atoms. The predicted octanol–water partition coefficient (Wildman–Crippen LogP) is -2.11. The van der Waals surface area contributed by atoms with Gasteiger partial charge < -0.3 is 0 Å². The van der Waals surface area contributed by atoms with Crippen LogP contribution in [0.2, 0.25) is 0 Å². The molecule has 0 aromatic rings. The monoisotopic (exact) mass is 176 g/mol. The summed E-state index contributed by atoms with van der Waals surface area (Å²) in [4.78, 5) is 0. The van der Waals surface area contributed by atoms with Gasteiger partial charge in [-0.05, 0) is 0 Å². The topological polar surface area (TPSA) is 77.8 Å². The van der Waals surface area contributed by atoms with Crippen molar-refractivity contribution in [2.75, 3.05) is 0 Å². The maximum Gasteiger partial charge on any atom is -0.153 e. The molecule has 40 valence electrons. The van der Waals surface area contributed by atoms with Crippen molar-refractivity contribution in [2.24, 2.45) is 0 Å². The Morgan fingerprint density at radius 2 is 1.17 bits per heavy atom. The number of hydrogen-bond donors (Lipinski definition) is 3. The van der Waals surface area contributed by atoms with E-state index in [4.69, 9.17) is 16.0 Å². The minimum atomic E-state index is -5.12. The molecule has 6 heavy (non-hydrogen) atoms. The summed E-state index contributed by atoms with van der Waals surface area (Å²) >= 11 is -5.12. The van der Waals surface area contributed by atoms with Crippen LogP contribution < -0.4 is 0 Å². The van der Waals surface area contributed by atoms with E-state index in [2.05, 4.69) is 0 Å². The van der Waals surface area contributed by atoms with Crippen molar-refractivity contribution in [1.82, 2.24) is 0 Å². The molecule has 1 unspecified atom stereocenters. The Hall–Kier alpha value is 0.668. The average Bonchev–Trinajstić information content (AvgIpc) is 0.722. The van der Waals surface area contributed by atoms with Crippen molar-refractivity contribution in [3.8, 4) is 0 Å². The first-order valence-electron chi connectivity index (χ1n) is 0.783. The van der Waals surface area contributed by atoms with Crippen molar-refractivity contribution < 1.29 is 16.0 Å². The van der Waals surface area contributed by atoms with Gasteiger partial charge in [-0.1, -0.05) is 0 Å². The van der Waals surface area contributed by atoms with Crippen LogP contribution in [0.1, 0.15) is 0 Å². The first kappa shape index (κ1) is 9.83. The molecule has 0 aliphatic carbocycles. The van der Waals surface area contributed by atoms with Crippen molar-refractivity contribution in [3.05, 3.63) is 0 Å². The van der Waals surface area contributed by atoms with E-state index in [-0.39, 0.29) is 9.90 Å². The summed E-state index contributed by atoms with van der Waals surface area (Å²) in [6, 6.07) is 0. The molecule has 0 aliphatic rings. The van der Waals surface area contributed by atoms with Crippen LogP contribution in [-0.4, -0.2) is 26.8 Å². The van der Waals surface area contributed by atoms with Crippen molar-refractivity contribution in [1.29, 1.82) is 0 Å². The molecular formula is H6AsO4P.